The molecule has 0 fully saturated rings. The van der Waals surface area contributed by atoms with E-state index in [-0.39, 0.29) is 22.9 Å². The fourth-order valence-electron chi connectivity index (χ4n) is 2.39. The van der Waals surface area contributed by atoms with Crippen LogP contribution in [0.1, 0.15) is 25.5 Å². The highest BCUT2D eigenvalue weighted by atomic mass is 32.2. The Kier molecular flexibility index (Phi) is 6.19. The Morgan fingerprint density at radius 1 is 1.24 bits per heavy atom. The number of amides is 2. The van der Waals surface area contributed by atoms with Crippen molar-refractivity contribution in [3.8, 4) is 0 Å². The van der Waals surface area contributed by atoms with Crippen molar-refractivity contribution in [1.82, 2.24) is 20.4 Å². The van der Waals surface area contributed by atoms with Gasteiger partial charge >= 0.3 is 6.03 Å². The van der Waals surface area contributed by atoms with Crippen molar-refractivity contribution in [2.24, 2.45) is 5.92 Å². The summed E-state index contributed by atoms with van der Waals surface area (Å²) in [6.07, 6.45) is 4.78. The van der Waals surface area contributed by atoms with E-state index in [2.05, 4.69) is 15.7 Å². The molecule has 2 rings (SSSR count). The molecule has 8 heteroatoms. The number of aromatic nitrogens is 2. The average Bonchev–Trinajstić information content (AvgIpc) is 3.05. The maximum Gasteiger partial charge on any atom is 0.315 e. The van der Waals surface area contributed by atoms with Crippen molar-refractivity contribution >= 4 is 15.9 Å². The lowest BCUT2D eigenvalue weighted by molar-refractivity contribution is 0.235. The lowest BCUT2D eigenvalue weighted by Crippen LogP contribution is -2.39. The van der Waals surface area contributed by atoms with Gasteiger partial charge in [-0.2, -0.15) is 5.10 Å². The number of benzene rings is 1. The second-order valence-electron chi connectivity index (χ2n) is 6.25. The van der Waals surface area contributed by atoms with Crippen LogP contribution in [0.3, 0.4) is 0 Å². The van der Waals surface area contributed by atoms with E-state index in [9.17, 15) is 13.2 Å². The molecular weight excluding hydrogens is 340 g/mol. The number of carbonyl (C=O) groups is 1. The van der Waals surface area contributed by atoms with Gasteiger partial charge in [0.25, 0.3) is 0 Å². The van der Waals surface area contributed by atoms with E-state index >= 15 is 0 Å². The van der Waals surface area contributed by atoms with Crippen LogP contribution < -0.4 is 10.6 Å². The Morgan fingerprint density at radius 3 is 2.48 bits per heavy atom. The first-order chi connectivity index (χ1) is 11.8. The van der Waals surface area contributed by atoms with E-state index in [1.165, 1.54) is 6.26 Å². The third-order valence-electron chi connectivity index (χ3n) is 3.82. The van der Waals surface area contributed by atoms with E-state index < -0.39 is 9.84 Å². The summed E-state index contributed by atoms with van der Waals surface area (Å²) >= 11 is 0. The second-order valence-corrected chi connectivity index (χ2v) is 8.27. The van der Waals surface area contributed by atoms with Gasteiger partial charge in [-0.1, -0.05) is 19.1 Å². The maximum atomic E-state index is 12.0. The van der Waals surface area contributed by atoms with Crippen LogP contribution in [0.5, 0.6) is 0 Å². The van der Waals surface area contributed by atoms with E-state index in [4.69, 9.17) is 0 Å². The summed E-state index contributed by atoms with van der Waals surface area (Å²) in [5.41, 5.74) is 0.840. The lowest BCUT2D eigenvalue weighted by atomic mass is 10.1. The van der Waals surface area contributed by atoms with Crippen LogP contribution >= 0.6 is 0 Å². The summed E-state index contributed by atoms with van der Waals surface area (Å²) in [5.74, 6) is 0.245. The minimum atomic E-state index is -3.21. The molecule has 2 amide bonds. The maximum absolute atomic E-state index is 12.0. The predicted molar refractivity (Wildman–Crippen MR) is 95.9 cm³/mol. The first-order valence-electron chi connectivity index (χ1n) is 8.07. The summed E-state index contributed by atoms with van der Waals surface area (Å²) in [6, 6.07) is 7.90. The van der Waals surface area contributed by atoms with Crippen molar-refractivity contribution in [1.29, 1.82) is 0 Å². The highest BCUT2D eigenvalue weighted by Crippen LogP contribution is 2.16. The third-order valence-corrected chi connectivity index (χ3v) is 4.95. The van der Waals surface area contributed by atoms with Crippen LogP contribution in [-0.4, -0.2) is 37.0 Å². The Morgan fingerprint density at radius 2 is 1.92 bits per heavy atom. The summed E-state index contributed by atoms with van der Waals surface area (Å²) in [5, 5.41) is 9.83. The minimum absolute atomic E-state index is 0.227. The molecule has 2 N–H and O–H groups in total. The number of carbonyl (C=O) groups excluding carboxylic acids is 1. The van der Waals surface area contributed by atoms with Gasteiger partial charge < -0.3 is 10.6 Å². The van der Waals surface area contributed by atoms with Gasteiger partial charge in [0.05, 0.1) is 10.9 Å². The zero-order chi connectivity index (χ0) is 18.4. The van der Waals surface area contributed by atoms with Gasteiger partial charge in [0.15, 0.2) is 9.84 Å². The molecule has 0 saturated heterocycles. The van der Waals surface area contributed by atoms with Crippen LogP contribution in [0, 0.1) is 5.92 Å². The molecule has 0 radical (unpaired) electrons. The summed E-state index contributed by atoms with van der Waals surface area (Å²) < 4.78 is 24.8. The van der Waals surface area contributed by atoms with Crippen LogP contribution in [-0.2, 0) is 16.4 Å². The number of rotatable bonds is 7. The quantitative estimate of drug-likeness (QED) is 0.786. The van der Waals surface area contributed by atoms with Crippen LogP contribution in [0.25, 0.3) is 0 Å². The highest BCUT2D eigenvalue weighted by Gasteiger charge is 2.12. The lowest BCUT2D eigenvalue weighted by Gasteiger charge is -2.17. The Bertz CT molecular complexity index is 786. The summed E-state index contributed by atoms with van der Waals surface area (Å²) in [4.78, 5) is 12.3. The Hall–Kier alpha value is -2.35. The van der Waals surface area contributed by atoms with Gasteiger partial charge in [-0.25, -0.2) is 13.2 Å². The number of nitrogens with zero attached hydrogens (tertiary/aromatic N) is 2. The second kappa shape index (κ2) is 8.15. The molecule has 0 unspecified atom stereocenters. The van der Waals surface area contributed by atoms with Gasteiger partial charge in [0.1, 0.15) is 0 Å². The minimum Gasteiger partial charge on any atom is -0.338 e. The monoisotopic (exact) mass is 364 g/mol. The van der Waals surface area contributed by atoms with E-state index in [1.54, 1.807) is 30.5 Å². The first kappa shape index (κ1) is 19.0. The largest absolute Gasteiger partial charge is 0.338 e. The number of hydrogen-bond acceptors (Lipinski definition) is 4. The standard InChI is InChI=1S/C17H24N4O3S/c1-13(12-21-10-4-9-19-21)11-18-17(22)20-14(2)15-5-7-16(8-6-15)25(3,23)24/h4-10,13-14H,11-12H2,1-3H3,(H2,18,20,22)/t13-,14-/m1/s1. The normalized spacial score (nSPS) is 13.9. The molecule has 0 saturated carbocycles. The number of nitrogens with one attached hydrogen (secondary N) is 2. The molecule has 136 valence electrons. The first-order valence-corrected chi connectivity index (χ1v) is 9.96. The van der Waals surface area contributed by atoms with Gasteiger partial charge in [-0.15, -0.1) is 0 Å². The third kappa shape index (κ3) is 5.90. The fraction of sp³-hybridized carbons (Fsp3) is 0.412. The predicted octanol–water partition coefficient (Wildman–Crippen LogP) is 1.98. The van der Waals surface area contributed by atoms with Crippen molar-refractivity contribution in [2.75, 3.05) is 12.8 Å². The molecular formula is C17H24N4O3S. The SMILES string of the molecule is C[C@H](CNC(=O)N[C@H](C)c1ccc(S(C)(=O)=O)cc1)Cn1cccn1. The van der Waals surface area contributed by atoms with E-state index in [0.29, 0.717) is 6.54 Å². The fourth-order valence-corrected chi connectivity index (χ4v) is 3.02. The molecule has 7 nitrogen and oxygen atoms in total. The van der Waals surface area contributed by atoms with Crippen LogP contribution in [0.4, 0.5) is 4.79 Å². The van der Waals surface area contributed by atoms with Crippen molar-refractivity contribution in [2.45, 2.75) is 31.3 Å². The topological polar surface area (TPSA) is 93.1 Å². The number of hydrogen-bond donors (Lipinski definition) is 2. The molecule has 0 aliphatic rings. The zero-order valence-electron chi connectivity index (χ0n) is 14.6. The van der Waals surface area contributed by atoms with Crippen LogP contribution in [0.2, 0.25) is 0 Å². The Balaban J connectivity index is 1.81. The molecule has 25 heavy (non-hydrogen) atoms. The molecule has 2 aromatic rings. The summed E-state index contributed by atoms with van der Waals surface area (Å²) in [7, 11) is -3.21. The van der Waals surface area contributed by atoms with Crippen molar-refractivity contribution in [3.63, 3.8) is 0 Å². The zero-order valence-corrected chi connectivity index (χ0v) is 15.5. The Labute approximate surface area is 148 Å². The van der Waals surface area contributed by atoms with Crippen molar-refractivity contribution < 1.29 is 13.2 Å². The van der Waals surface area contributed by atoms with Gasteiger partial charge in [0, 0.05) is 31.7 Å². The molecule has 1 aromatic carbocycles. The van der Waals surface area contributed by atoms with Crippen molar-refractivity contribution in [3.05, 3.63) is 48.3 Å². The molecule has 0 aliphatic heterocycles. The van der Waals surface area contributed by atoms with Gasteiger partial charge in [-0.05, 0) is 36.6 Å². The highest BCUT2D eigenvalue weighted by molar-refractivity contribution is 7.90. The van der Waals surface area contributed by atoms with Crippen LogP contribution in [0.15, 0.2) is 47.6 Å². The molecule has 1 aromatic heterocycles. The molecule has 0 spiro atoms. The molecule has 2 atom stereocenters. The van der Waals surface area contributed by atoms with E-state index in [1.807, 2.05) is 30.8 Å². The van der Waals surface area contributed by atoms with Gasteiger partial charge in [-0.3, -0.25) is 4.68 Å². The molecule has 1 heterocycles. The number of urea groups is 1. The molecule has 0 aliphatic carbocycles. The average molecular weight is 364 g/mol. The number of sulfone groups is 1. The molecule has 0 bridgehead atoms. The van der Waals surface area contributed by atoms with E-state index in [0.717, 1.165) is 12.1 Å². The van der Waals surface area contributed by atoms with Gasteiger partial charge in [0.2, 0.25) is 0 Å². The smallest absolute Gasteiger partial charge is 0.315 e. The summed E-state index contributed by atoms with van der Waals surface area (Å²) in [6.45, 7) is 5.15.